The molecule has 0 saturated carbocycles. The first-order valence-electron chi connectivity index (χ1n) is 21.8. The molecular formula is C61H44N2S. The smallest absolute Gasteiger partial charge is 0.152 e. The maximum absolute atomic E-state index is 9.07. The van der Waals surface area contributed by atoms with Crippen LogP contribution in [0.25, 0.3) is 82.9 Å². The van der Waals surface area contributed by atoms with Crippen LogP contribution in [0.3, 0.4) is 0 Å². The predicted molar refractivity (Wildman–Crippen MR) is 275 cm³/mol. The van der Waals surface area contributed by atoms with Crippen molar-refractivity contribution in [3.63, 3.8) is 0 Å². The van der Waals surface area contributed by atoms with E-state index in [4.69, 9.17) is 23.0 Å². The number of allylic oxidation sites excluding steroid dienone is 1. The molecule has 0 aliphatic heterocycles. The Bertz CT molecular complexity index is 3540. The van der Waals surface area contributed by atoms with Gasteiger partial charge in [0.15, 0.2) is 5.84 Å². The van der Waals surface area contributed by atoms with Gasteiger partial charge >= 0.3 is 0 Å². The Morgan fingerprint density at radius 1 is 0.484 bits per heavy atom. The minimum Gasteiger partial charge on any atom is -0.282 e. The van der Waals surface area contributed by atoms with Crippen LogP contribution in [-0.4, -0.2) is 11.5 Å². The summed E-state index contributed by atoms with van der Waals surface area (Å²) in [6.07, 6.45) is 4.19. The lowest BCUT2D eigenvalue weighted by Gasteiger charge is -2.22. The summed E-state index contributed by atoms with van der Waals surface area (Å²) in [4.78, 5) is 5.85. The predicted octanol–water partition coefficient (Wildman–Crippen LogP) is 16.3. The lowest BCUT2D eigenvalue weighted by Crippen LogP contribution is -2.15. The van der Waals surface area contributed by atoms with Gasteiger partial charge in [-0.3, -0.25) is 5.41 Å². The number of nitrogens with zero attached hydrogens (tertiary/aromatic N) is 1. The van der Waals surface area contributed by atoms with E-state index >= 15 is 0 Å². The van der Waals surface area contributed by atoms with E-state index in [-0.39, 0.29) is 11.3 Å². The first-order valence-corrected chi connectivity index (χ1v) is 22.3. The molecule has 0 radical (unpaired) electrons. The highest BCUT2D eigenvalue weighted by molar-refractivity contribution is 7.80. The van der Waals surface area contributed by atoms with Crippen molar-refractivity contribution in [1.29, 1.82) is 5.41 Å². The minimum absolute atomic E-state index is 0.118. The summed E-state index contributed by atoms with van der Waals surface area (Å²) in [6, 6.07) is 73.2. The Kier molecular flexibility index (Phi) is 9.79. The number of thiol groups is 1. The van der Waals surface area contributed by atoms with Crippen LogP contribution in [0, 0.1) is 5.41 Å². The molecule has 0 atom stereocenters. The zero-order chi connectivity index (χ0) is 43.4. The first-order chi connectivity index (χ1) is 31.3. The third-order valence-corrected chi connectivity index (χ3v) is 13.5. The van der Waals surface area contributed by atoms with Gasteiger partial charge in [0.1, 0.15) is 0 Å². The molecule has 1 aliphatic carbocycles. The van der Waals surface area contributed by atoms with Gasteiger partial charge in [0, 0.05) is 27.0 Å². The maximum atomic E-state index is 9.07. The zero-order valence-corrected chi connectivity index (χ0v) is 36.6. The van der Waals surface area contributed by atoms with Crippen molar-refractivity contribution in [1.82, 2.24) is 0 Å². The fraction of sp³-hybridized carbons (Fsp3) is 0.0492. The van der Waals surface area contributed by atoms with Crippen molar-refractivity contribution < 1.29 is 0 Å². The highest BCUT2D eigenvalue weighted by Gasteiger charge is 2.36. The fourth-order valence-corrected chi connectivity index (χ4v) is 10.2. The normalized spacial score (nSPS) is 13.1. The molecule has 10 aromatic rings. The number of hydrogen-bond acceptors (Lipinski definition) is 2. The van der Waals surface area contributed by atoms with Gasteiger partial charge in [-0.25, -0.2) is 4.99 Å². The van der Waals surface area contributed by atoms with Gasteiger partial charge < -0.3 is 0 Å². The molecule has 304 valence electrons. The summed E-state index contributed by atoms with van der Waals surface area (Å²) < 4.78 is 0. The topological polar surface area (TPSA) is 36.2 Å². The van der Waals surface area contributed by atoms with Crippen LogP contribution in [0.15, 0.2) is 222 Å². The number of benzene rings is 10. The van der Waals surface area contributed by atoms with E-state index in [1.807, 2.05) is 60.7 Å². The number of hydrogen-bond donors (Lipinski definition) is 2. The third kappa shape index (κ3) is 6.77. The Morgan fingerprint density at radius 3 is 1.78 bits per heavy atom. The Balaban J connectivity index is 1.00. The summed E-state index contributed by atoms with van der Waals surface area (Å²) in [5, 5.41) is 16.4. The largest absolute Gasteiger partial charge is 0.282 e. The van der Waals surface area contributed by atoms with Gasteiger partial charge in [0.2, 0.25) is 0 Å². The van der Waals surface area contributed by atoms with E-state index < -0.39 is 0 Å². The molecule has 64 heavy (non-hydrogen) atoms. The number of nitrogens with one attached hydrogen (secondary N) is 1. The lowest BCUT2D eigenvalue weighted by atomic mass is 9.80. The monoisotopic (exact) mass is 836 g/mol. The van der Waals surface area contributed by atoms with Gasteiger partial charge in [-0.05, 0) is 118 Å². The van der Waals surface area contributed by atoms with E-state index in [0.717, 1.165) is 38.1 Å². The molecular weight excluding hydrogens is 793 g/mol. The standard InChI is InChI=1S/C61H44N2S/c1-61(2)55-38-44(29-32-52(55)54-36-42-20-9-10-21-43(42)37-56(54)61)46-33-34-51(49-25-14-13-24-48(46)49)50-31-28-39(45-22-11-12-23-47(45)50)30-35-57(63-60(62)41-18-7-4-8-19-41)53-26-15-27-58(64)59(53)40-16-5-3-6-17-40/h3-38,62,64H,1-2H3/b35-30+,62-60?,63-57?. The Morgan fingerprint density at radius 2 is 1.05 bits per heavy atom. The molecule has 10 aromatic carbocycles. The number of rotatable bonds is 7. The molecule has 0 heterocycles. The number of fused-ring (bicyclic) bond motifs is 6. The van der Waals surface area contributed by atoms with Gasteiger partial charge in [-0.2, -0.15) is 0 Å². The van der Waals surface area contributed by atoms with Gasteiger partial charge in [-0.15, -0.1) is 12.6 Å². The lowest BCUT2D eigenvalue weighted by molar-refractivity contribution is 0.661. The van der Waals surface area contributed by atoms with E-state index in [1.165, 1.54) is 71.4 Å². The van der Waals surface area contributed by atoms with Gasteiger partial charge in [-0.1, -0.05) is 202 Å². The Hall–Kier alpha value is -7.59. The molecule has 0 unspecified atom stereocenters. The first kappa shape index (κ1) is 39.3. The number of aliphatic imine (C=N–C) groups is 1. The second-order valence-electron chi connectivity index (χ2n) is 17.2. The van der Waals surface area contributed by atoms with Crippen LogP contribution in [-0.2, 0) is 5.41 Å². The summed E-state index contributed by atoms with van der Waals surface area (Å²) in [5.74, 6) is 0.196. The molecule has 2 nitrogen and oxygen atoms in total. The highest BCUT2D eigenvalue weighted by atomic mass is 32.1. The summed E-state index contributed by atoms with van der Waals surface area (Å²) in [7, 11) is 0. The van der Waals surface area contributed by atoms with Crippen molar-refractivity contribution in [2.75, 3.05) is 0 Å². The average molecular weight is 837 g/mol. The van der Waals surface area contributed by atoms with Gasteiger partial charge in [0.25, 0.3) is 0 Å². The quantitative estimate of drug-likeness (QED) is 0.0912. The number of amidine groups is 1. The van der Waals surface area contributed by atoms with Crippen molar-refractivity contribution in [3.8, 4) is 44.5 Å². The van der Waals surface area contributed by atoms with Crippen LogP contribution in [0.2, 0.25) is 0 Å². The van der Waals surface area contributed by atoms with E-state index in [9.17, 15) is 0 Å². The Labute approximate surface area is 379 Å². The molecule has 0 saturated heterocycles. The van der Waals surface area contributed by atoms with Crippen LogP contribution < -0.4 is 0 Å². The molecule has 11 rings (SSSR count). The highest BCUT2D eigenvalue weighted by Crippen LogP contribution is 2.51. The molecule has 0 fully saturated rings. The second kappa shape index (κ2) is 16.0. The van der Waals surface area contributed by atoms with E-state index in [2.05, 4.69) is 172 Å². The fourth-order valence-electron chi connectivity index (χ4n) is 9.88. The third-order valence-electron chi connectivity index (χ3n) is 13.1. The SMILES string of the molecule is CC1(C)c2cc(-c3ccc(-c4ccc(/C=C/C(=NC(=N)c5ccccc5)c5cccc(S)c5-c5ccccc5)c5ccccc45)c4ccccc34)ccc2-c2cc3ccccc3cc21. The molecule has 1 aliphatic rings. The molecule has 0 amide bonds. The van der Waals surface area contributed by atoms with Crippen molar-refractivity contribution >= 4 is 62.6 Å². The zero-order valence-electron chi connectivity index (χ0n) is 35.7. The second-order valence-corrected chi connectivity index (χ2v) is 17.7. The van der Waals surface area contributed by atoms with Crippen molar-refractivity contribution in [3.05, 3.63) is 240 Å². The van der Waals surface area contributed by atoms with Crippen molar-refractivity contribution in [2.24, 2.45) is 4.99 Å². The van der Waals surface area contributed by atoms with Crippen LogP contribution >= 0.6 is 12.6 Å². The average Bonchev–Trinajstić information content (AvgIpc) is 3.56. The van der Waals surface area contributed by atoms with Gasteiger partial charge in [0.05, 0.1) is 5.71 Å². The maximum Gasteiger partial charge on any atom is 0.152 e. The molecule has 0 aromatic heterocycles. The van der Waals surface area contributed by atoms with E-state index in [1.54, 1.807) is 0 Å². The summed E-state index contributed by atoms with van der Waals surface area (Å²) in [6.45, 7) is 4.73. The van der Waals surface area contributed by atoms with Crippen LogP contribution in [0.1, 0.15) is 41.7 Å². The molecule has 1 N–H and O–H groups in total. The van der Waals surface area contributed by atoms with Crippen LogP contribution in [0.5, 0.6) is 0 Å². The summed E-state index contributed by atoms with van der Waals surface area (Å²) >= 11 is 4.93. The molecule has 0 bridgehead atoms. The molecule has 0 spiro atoms. The van der Waals surface area contributed by atoms with E-state index in [0.29, 0.717) is 5.71 Å². The van der Waals surface area contributed by atoms with Crippen LogP contribution in [0.4, 0.5) is 0 Å². The summed E-state index contributed by atoms with van der Waals surface area (Å²) in [5.41, 5.74) is 15.6. The molecule has 3 heteroatoms. The minimum atomic E-state index is -0.118. The van der Waals surface area contributed by atoms with Crippen molar-refractivity contribution in [2.45, 2.75) is 24.2 Å².